The van der Waals surface area contributed by atoms with Crippen LogP contribution >= 0.6 is 0 Å². The molecular formula is C6H11F3N2. The molecule has 0 aromatic heterocycles. The lowest BCUT2D eigenvalue weighted by Crippen LogP contribution is -2.32. The minimum absolute atomic E-state index is 0.336. The second-order valence-electron chi connectivity index (χ2n) is 2.90. The van der Waals surface area contributed by atoms with Crippen molar-refractivity contribution in [3.05, 3.63) is 0 Å². The molecule has 1 aliphatic rings. The summed E-state index contributed by atoms with van der Waals surface area (Å²) >= 11 is 0. The van der Waals surface area contributed by atoms with E-state index in [4.69, 9.17) is 5.73 Å². The molecule has 1 rings (SSSR count). The summed E-state index contributed by atoms with van der Waals surface area (Å²) in [6.45, 7) is 0.890. The molecule has 1 saturated heterocycles. The van der Waals surface area contributed by atoms with Gasteiger partial charge in [0.05, 0.1) is 0 Å². The molecule has 0 saturated carbocycles. The van der Waals surface area contributed by atoms with Crippen molar-refractivity contribution in [3.63, 3.8) is 0 Å². The molecule has 11 heavy (non-hydrogen) atoms. The molecule has 0 aromatic carbocycles. The van der Waals surface area contributed by atoms with Crippen molar-refractivity contribution < 1.29 is 13.2 Å². The number of halogens is 3. The monoisotopic (exact) mass is 168 g/mol. The van der Waals surface area contributed by atoms with Gasteiger partial charge in [-0.25, -0.2) is 0 Å². The number of nitrogens with one attached hydrogen (secondary N) is 1. The Bertz CT molecular complexity index is 134. The molecule has 1 aliphatic heterocycles. The van der Waals surface area contributed by atoms with E-state index in [1.54, 1.807) is 0 Å². The predicted molar refractivity (Wildman–Crippen MR) is 35.0 cm³/mol. The molecule has 1 heterocycles. The standard InChI is InChI=1S/C6H11F3N2/c7-6(8,9)1-4-2-11-3-5(4)10/h4-5,11H,1-3,10H2/t4-,5+/m1/s1. The van der Waals surface area contributed by atoms with Gasteiger partial charge in [0.25, 0.3) is 0 Å². The van der Waals surface area contributed by atoms with Crippen molar-refractivity contribution in [2.45, 2.75) is 18.6 Å². The van der Waals surface area contributed by atoms with Crippen LogP contribution < -0.4 is 11.1 Å². The van der Waals surface area contributed by atoms with Crippen LogP contribution in [0, 0.1) is 5.92 Å². The molecule has 2 atom stereocenters. The fourth-order valence-electron chi connectivity index (χ4n) is 1.27. The van der Waals surface area contributed by atoms with E-state index in [9.17, 15) is 13.2 Å². The average Bonchev–Trinajstić information content (AvgIpc) is 2.12. The second-order valence-corrected chi connectivity index (χ2v) is 2.90. The molecule has 0 spiro atoms. The van der Waals surface area contributed by atoms with Crippen LogP contribution in [0.2, 0.25) is 0 Å². The second kappa shape index (κ2) is 2.98. The van der Waals surface area contributed by atoms with Gasteiger partial charge in [0, 0.05) is 19.0 Å². The molecule has 5 heteroatoms. The first-order valence-electron chi connectivity index (χ1n) is 3.52. The van der Waals surface area contributed by atoms with Crippen LogP contribution in [0.3, 0.4) is 0 Å². The summed E-state index contributed by atoms with van der Waals surface area (Å²) in [6.07, 6.45) is -4.84. The van der Waals surface area contributed by atoms with Gasteiger partial charge in [-0.3, -0.25) is 0 Å². The summed E-state index contributed by atoms with van der Waals surface area (Å²) in [5.74, 6) is -0.435. The minimum Gasteiger partial charge on any atom is -0.326 e. The van der Waals surface area contributed by atoms with Crippen molar-refractivity contribution in [1.29, 1.82) is 0 Å². The normalized spacial score (nSPS) is 32.7. The summed E-state index contributed by atoms with van der Waals surface area (Å²) in [6, 6.07) is -0.336. The Morgan fingerprint density at radius 1 is 1.36 bits per heavy atom. The van der Waals surface area contributed by atoms with Crippen LogP contribution in [-0.2, 0) is 0 Å². The first-order chi connectivity index (χ1) is 4.99. The molecule has 66 valence electrons. The van der Waals surface area contributed by atoms with Crippen molar-refractivity contribution in [1.82, 2.24) is 5.32 Å². The zero-order valence-corrected chi connectivity index (χ0v) is 5.99. The van der Waals surface area contributed by atoms with Gasteiger partial charge < -0.3 is 11.1 Å². The molecule has 0 aromatic rings. The van der Waals surface area contributed by atoms with Crippen molar-refractivity contribution >= 4 is 0 Å². The lowest BCUT2D eigenvalue weighted by Gasteiger charge is -2.15. The Labute approximate surface area is 62.9 Å². The van der Waals surface area contributed by atoms with Crippen LogP contribution in [0.4, 0.5) is 13.2 Å². The first-order valence-corrected chi connectivity index (χ1v) is 3.52. The van der Waals surface area contributed by atoms with E-state index < -0.39 is 18.5 Å². The first kappa shape index (κ1) is 8.80. The van der Waals surface area contributed by atoms with Gasteiger partial charge in [0.2, 0.25) is 0 Å². The van der Waals surface area contributed by atoms with Gasteiger partial charge in [-0.1, -0.05) is 0 Å². The fraction of sp³-hybridized carbons (Fsp3) is 1.00. The largest absolute Gasteiger partial charge is 0.389 e. The van der Waals surface area contributed by atoms with Crippen LogP contribution in [-0.4, -0.2) is 25.3 Å². The topological polar surface area (TPSA) is 38.0 Å². The maximum Gasteiger partial charge on any atom is 0.389 e. The average molecular weight is 168 g/mol. The lowest BCUT2D eigenvalue weighted by molar-refractivity contribution is -0.143. The summed E-state index contributed by atoms with van der Waals surface area (Å²) in [4.78, 5) is 0. The third-order valence-corrected chi connectivity index (χ3v) is 1.89. The minimum atomic E-state index is -4.08. The number of hydrogen-bond donors (Lipinski definition) is 2. The number of rotatable bonds is 1. The van der Waals surface area contributed by atoms with Gasteiger partial charge in [0.15, 0.2) is 0 Å². The SMILES string of the molecule is N[C@H]1CNC[C@H]1CC(F)(F)F. The van der Waals surface area contributed by atoms with E-state index in [1.165, 1.54) is 0 Å². The van der Waals surface area contributed by atoms with E-state index >= 15 is 0 Å². The van der Waals surface area contributed by atoms with Crippen molar-refractivity contribution in [3.8, 4) is 0 Å². The Morgan fingerprint density at radius 3 is 2.36 bits per heavy atom. The smallest absolute Gasteiger partial charge is 0.326 e. The molecule has 0 aliphatic carbocycles. The highest BCUT2D eigenvalue weighted by atomic mass is 19.4. The highest BCUT2D eigenvalue weighted by molar-refractivity contribution is 4.85. The summed E-state index contributed by atoms with van der Waals surface area (Å²) in [7, 11) is 0. The molecule has 0 unspecified atom stereocenters. The molecule has 2 nitrogen and oxygen atoms in total. The number of nitrogens with two attached hydrogens (primary N) is 1. The van der Waals surface area contributed by atoms with E-state index in [-0.39, 0.29) is 6.04 Å². The summed E-state index contributed by atoms with van der Waals surface area (Å²) in [5, 5.41) is 2.82. The number of hydrogen-bond acceptors (Lipinski definition) is 2. The Balaban J connectivity index is 2.37. The maximum absolute atomic E-state index is 11.8. The van der Waals surface area contributed by atoms with Crippen LogP contribution in [0.15, 0.2) is 0 Å². The summed E-state index contributed by atoms with van der Waals surface area (Å²) in [5.41, 5.74) is 5.42. The Morgan fingerprint density at radius 2 is 2.00 bits per heavy atom. The maximum atomic E-state index is 11.8. The van der Waals surface area contributed by atoms with Crippen molar-refractivity contribution in [2.24, 2.45) is 11.7 Å². The van der Waals surface area contributed by atoms with Gasteiger partial charge in [0.1, 0.15) is 0 Å². The molecule has 0 bridgehead atoms. The zero-order chi connectivity index (χ0) is 8.48. The Kier molecular flexibility index (Phi) is 2.39. The molecule has 0 amide bonds. The highest BCUT2D eigenvalue weighted by Gasteiger charge is 2.36. The van der Waals surface area contributed by atoms with Crippen LogP contribution in [0.5, 0.6) is 0 Å². The lowest BCUT2D eigenvalue weighted by atomic mass is 10.0. The number of alkyl halides is 3. The third kappa shape index (κ3) is 2.67. The van der Waals surface area contributed by atoms with E-state index in [0.717, 1.165) is 0 Å². The van der Waals surface area contributed by atoms with Crippen LogP contribution in [0.1, 0.15) is 6.42 Å². The van der Waals surface area contributed by atoms with Gasteiger partial charge >= 0.3 is 6.18 Å². The fourth-order valence-corrected chi connectivity index (χ4v) is 1.27. The zero-order valence-electron chi connectivity index (χ0n) is 5.99. The third-order valence-electron chi connectivity index (χ3n) is 1.89. The molecule has 1 fully saturated rings. The van der Waals surface area contributed by atoms with E-state index in [2.05, 4.69) is 5.32 Å². The Hall–Kier alpha value is -0.290. The predicted octanol–water partition coefficient (Wildman–Crippen LogP) is 0.485. The van der Waals surface area contributed by atoms with Gasteiger partial charge in [-0.2, -0.15) is 13.2 Å². The molecule has 0 radical (unpaired) electrons. The molecule has 3 N–H and O–H groups in total. The van der Waals surface area contributed by atoms with Gasteiger partial charge in [-0.05, 0) is 12.5 Å². The highest BCUT2D eigenvalue weighted by Crippen LogP contribution is 2.27. The van der Waals surface area contributed by atoms with E-state index in [1.807, 2.05) is 0 Å². The van der Waals surface area contributed by atoms with Crippen molar-refractivity contribution in [2.75, 3.05) is 13.1 Å². The van der Waals surface area contributed by atoms with E-state index in [0.29, 0.717) is 13.1 Å². The quantitative estimate of drug-likeness (QED) is 0.597. The van der Waals surface area contributed by atoms with Crippen LogP contribution in [0.25, 0.3) is 0 Å². The summed E-state index contributed by atoms with van der Waals surface area (Å²) < 4.78 is 35.4. The van der Waals surface area contributed by atoms with Gasteiger partial charge in [-0.15, -0.1) is 0 Å². The molecular weight excluding hydrogens is 157 g/mol.